The number of amides is 1. The Bertz CT molecular complexity index is 1020. The van der Waals surface area contributed by atoms with E-state index in [1.54, 1.807) is 40.0 Å². The van der Waals surface area contributed by atoms with Gasteiger partial charge in [-0.15, -0.1) is 10.2 Å². The Morgan fingerprint density at radius 3 is 2.70 bits per heavy atom. The van der Waals surface area contributed by atoms with Crippen LogP contribution in [0.2, 0.25) is 0 Å². The zero-order valence-electron chi connectivity index (χ0n) is 16.8. The third-order valence-electron chi connectivity index (χ3n) is 5.08. The molecule has 8 nitrogen and oxygen atoms in total. The van der Waals surface area contributed by atoms with Gasteiger partial charge in [0.15, 0.2) is 5.82 Å². The molecule has 0 N–H and O–H groups in total. The van der Waals surface area contributed by atoms with Crippen LogP contribution >= 0.6 is 0 Å². The molecule has 4 rings (SSSR count). The second kappa shape index (κ2) is 8.58. The number of hydrogen-bond donors (Lipinski definition) is 0. The highest BCUT2D eigenvalue weighted by Gasteiger charge is 2.29. The van der Waals surface area contributed by atoms with Gasteiger partial charge in [0.25, 0.3) is 5.91 Å². The molecule has 156 valence electrons. The first-order valence-electron chi connectivity index (χ1n) is 9.72. The molecule has 1 unspecified atom stereocenters. The van der Waals surface area contributed by atoms with Crippen molar-refractivity contribution in [2.45, 2.75) is 19.4 Å². The van der Waals surface area contributed by atoms with Crippen LogP contribution in [0.3, 0.4) is 0 Å². The standard InChI is InChI=1S/C21H22FN5O3/c1-3-17-16(12-23-27(17)19-8-9-20(29-2)25-24-19)21(28)26-10-11-30-18(13-26)14-4-6-15(22)7-5-14/h4-9,12,18H,3,10-11,13H2,1-2H3. The van der Waals surface area contributed by atoms with Crippen molar-refractivity contribution in [3.63, 3.8) is 0 Å². The molecule has 9 heteroatoms. The number of morpholine rings is 1. The summed E-state index contributed by atoms with van der Waals surface area (Å²) in [4.78, 5) is 15.0. The number of carbonyl (C=O) groups excluding carboxylic acids is 1. The van der Waals surface area contributed by atoms with Crippen LogP contribution in [0.5, 0.6) is 5.88 Å². The first-order chi connectivity index (χ1) is 14.6. The van der Waals surface area contributed by atoms with E-state index in [1.165, 1.54) is 19.2 Å². The van der Waals surface area contributed by atoms with Gasteiger partial charge in [0, 0.05) is 12.6 Å². The van der Waals surface area contributed by atoms with E-state index in [4.69, 9.17) is 9.47 Å². The Labute approximate surface area is 173 Å². The summed E-state index contributed by atoms with van der Waals surface area (Å²) in [6.07, 6.45) is 1.87. The van der Waals surface area contributed by atoms with Crippen LogP contribution in [0.4, 0.5) is 4.39 Å². The Balaban J connectivity index is 1.56. The minimum absolute atomic E-state index is 0.116. The largest absolute Gasteiger partial charge is 0.480 e. The quantitative estimate of drug-likeness (QED) is 0.642. The van der Waals surface area contributed by atoms with E-state index in [2.05, 4.69) is 15.3 Å². The SMILES string of the molecule is CCc1c(C(=O)N2CCOC(c3ccc(F)cc3)C2)cnn1-c1ccc(OC)nn1. The summed E-state index contributed by atoms with van der Waals surface area (Å²) in [6.45, 7) is 3.24. The van der Waals surface area contributed by atoms with Crippen molar-refractivity contribution in [2.75, 3.05) is 26.8 Å². The summed E-state index contributed by atoms with van der Waals surface area (Å²) in [5, 5.41) is 12.5. The minimum atomic E-state index is -0.302. The second-order valence-corrected chi connectivity index (χ2v) is 6.87. The maximum absolute atomic E-state index is 13.3. The topological polar surface area (TPSA) is 82.4 Å². The van der Waals surface area contributed by atoms with E-state index < -0.39 is 0 Å². The number of hydrogen-bond acceptors (Lipinski definition) is 6. The summed E-state index contributed by atoms with van der Waals surface area (Å²) in [7, 11) is 1.52. The number of methoxy groups -OCH3 is 1. The van der Waals surface area contributed by atoms with Gasteiger partial charge in [-0.3, -0.25) is 4.79 Å². The normalized spacial score (nSPS) is 16.5. The van der Waals surface area contributed by atoms with Gasteiger partial charge in [-0.1, -0.05) is 19.1 Å². The lowest BCUT2D eigenvalue weighted by Gasteiger charge is -2.33. The summed E-state index contributed by atoms with van der Waals surface area (Å²) >= 11 is 0. The molecular formula is C21H22FN5O3. The predicted molar refractivity (Wildman–Crippen MR) is 106 cm³/mol. The van der Waals surface area contributed by atoms with E-state index in [0.29, 0.717) is 43.4 Å². The molecule has 1 saturated heterocycles. The zero-order chi connectivity index (χ0) is 21.1. The van der Waals surface area contributed by atoms with Crippen molar-refractivity contribution in [3.8, 4) is 11.7 Å². The first kappa shape index (κ1) is 20.0. The average Bonchev–Trinajstić information content (AvgIpc) is 3.23. The van der Waals surface area contributed by atoms with E-state index in [1.807, 2.05) is 6.92 Å². The van der Waals surface area contributed by atoms with Crippen molar-refractivity contribution in [1.82, 2.24) is 24.9 Å². The molecule has 3 heterocycles. The van der Waals surface area contributed by atoms with Crippen LogP contribution in [0.15, 0.2) is 42.6 Å². The fourth-order valence-corrected chi connectivity index (χ4v) is 3.51. The van der Waals surface area contributed by atoms with Crippen molar-refractivity contribution in [1.29, 1.82) is 0 Å². The molecule has 3 aromatic rings. The summed E-state index contributed by atoms with van der Waals surface area (Å²) < 4.78 is 25.7. The number of nitrogens with zero attached hydrogens (tertiary/aromatic N) is 5. The van der Waals surface area contributed by atoms with E-state index >= 15 is 0 Å². The minimum Gasteiger partial charge on any atom is -0.480 e. The number of rotatable bonds is 5. The van der Waals surface area contributed by atoms with Crippen molar-refractivity contribution < 1.29 is 18.7 Å². The highest BCUT2D eigenvalue weighted by molar-refractivity contribution is 5.95. The van der Waals surface area contributed by atoms with Gasteiger partial charge in [0.05, 0.1) is 37.7 Å². The summed E-state index contributed by atoms with van der Waals surface area (Å²) in [5.74, 6) is 0.498. The smallest absolute Gasteiger partial charge is 0.257 e. The van der Waals surface area contributed by atoms with Crippen molar-refractivity contribution in [2.24, 2.45) is 0 Å². The van der Waals surface area contributed by atoms with Crippen molar-refractivity contribution in [3.05, 3.63) is 65.2 Å². The number of carbonyl (C=O) groups is 1. The van der Waals surface area contributed by atoms with Gasteiger partial charge in [0.2, 0.25) is 5.88 Å². The summed E-state index contributed by atoms with van der Waals surface area (Å²) in [6, 6.07) is 9.60. The molecule has 1 fully saturated rings. The van der Waals surface area contributed by atoms with Gasteiger partial charge in [0.1, 0.15) is 11.9 Å². The lowest BCUT2D eigenvalue weighted by atomic mass is 10.1. The van der Waals surface area contributed by atoms with Gasteiger partial charge >= 0.3 is 0 Å². The Morgan fingerprint density at radius 2 is 2.03 bits per heavy atom. The number of aromatic nitrogens is 4. The fourth-order valence-electron chi connectivity index (χ4n) is 3.51. The average molecular weight is 411 g/mol. The number of halogens is 1. The van der Waals surface area contributed by atoms with Crippen LogP contribution in [-0.4, -0.2) is 57.6 Å². The van der Waals surface area contributed by atoms with Crippen LogP contribution in [0.25, 0.3) is 5.82 Å². The molecule has 1 aliphatic heterocycles. The molecule has 0 spiro atoms. The maximum Gasteiger partial charge on any atom is 0.257 e. The van der Waals surface area contributed by atoms with Crippen LogP contribution < -0.4 is 4.74 Å². The monoisotopic (exact) mass is 411 g/mol. The lowest BCUT2D eigenvalue weighted by Crippen LogP contribution is -2.42. The highest BCUT2D eigenvalue weighted by atomic mass is 19.1. The van der Waals surface area contributed by atoms with Gasteiger partial charge in [-0.2, -0.15) is 5.10 Å². The van der Waals surface area contributed by atoms with Crippen LogP contribution in [0.1, 0.15) is 34.6 Å². The maximum atomic E-state index is 13.3. The molecular weight excluding hydrogens is 389 g/mol. The Morgan fingerprint density at radius 1 is 1.23 bits per heavy atom. The molecule has 0 radical (unpaired) electrons. The zero-order valence-corrected chi connectivity index (χ0v) is 16.8. The highest BCUT2D eigenvalue weighted by Crippen LogP contribution is 2.25. The molecule has 0 saturated carbocycles. The molecule has 1 amide bonds. The number of ether oxygens (including phenoxy) is 2. The van der Waals surface area contributed by atoms with Gasteiger partial charge < -0.3 is 14.4 Å². The second-order valence-electron chi connectivity index (χ2n) is 6.87. The first-order valence-corrected chi connectivity index (χ1v) is 9.72. The van der Waals surface area contributed by atoms with E-state index in [9.17, 15) is 9.18 Å². The third kappa shape index (κ3) is 3.88. The van der Waals surface area contributed by atoms with Gasteiger partial charge in [-0.25, -0.2) is 9.07 Å². The molecule has 1 aliphatic rings. The summed E-state index contributed by atoms with van der Waals surface area (Å²) in [5.41, 5.74) is 2.12. The van der Waals surface area contributed by atoms with Crippen LogP contribution in [0, 0.1) is 5.82 Å². The van der Waals surface area contributed by atoms with E-state index in [-0.39, 0.29) is 17.8 Å². The van der Waals surface area contributed by atoms with E-state index in [0.717, 1.165) is 11.3 Å². The Hall–Kier alpha value is -3.33. The molecule has 1 atom stereocenters. The molecule has 2 aromatic heterocycles. The lowest BCUT2D eigenvalue weighted by molar-refractivity contribution is -0.0228. The number of benzene rings is 1. The van der Waals surface area contributed by atoms with Gasteiger partial charge in [-0.05, 0) is 30.2 Å². The van der Waals surface area contributed by atoms with Crippen molar-refractivity contribution >= 4 is 5.91 Å². The molecule has 30 heavy (non-hydrogen) atoms. The predicted octanol–water partition coefficient (Wildman–Crippen LogP) is 2.59. The third-order valence-corrected chi connectivity index (χ3v) is 5.08. The Kier molecular flexibility index (Phi) is 5.71. The molecule has 0 bridgehead atoms. The molecule has 0 aliphatic carbocycles. The fraction of sp³-hybridized carbons (Fsp3) is 0.333. The van der Waals surface area contributed by atoms with Crippen LogP contribution in [-0.2, 0) is 11.2 Å². The molecule has 1 aromatic carbocycles.